The first-order chi connectivity index (χ1) is 19.1. The van der Waals surface area contributed by atoms with E-state index < -0.39 is 10.0 Å². The first kappa shape index (κ1) is 30.0. The Morgan fingerprint density at radius 3 is 2.40 bits per heavy atom. The van der Waals surface area contributed by atoms with Crippen LogP contribution in [0.1, 0.15) is 54.4 Å². The van der Waals surface area contributed by atoms with Gasteiger partial charge in [0.15, 0.2) is 0 Å². The largest absolute Gasteiger partial charge is 0.497 e. The summed E-state index contributed by atoms with van der Waals surface area (Å²) in [7, 11) is -0.661. The smallest absolute Gasteiger partial charge is 0.243 e. The predicted octanol–water partition coefficient (Wildman–Crippen LogP) is 3.74. The first-order valence-corrected chi connectivity index (χ1v) is 15.6. The van der Waals surface area contributed by atoms with Crippen molar-refractivity contribution in [2.75, 3.05) is 51.8 Å². The fourth-order valence-corrected chi connectivity index (χ4v) is 7.30. The van der Waals surface area contributed by atoms with Crippen molar-refractivity contribution in [2.24, 2.45) is 0 Å². The highest BCUT2D eigenvalue weighted by Gasteiger charge is 2.27. The standard InChI is InChI=1S/C30H43N5O4S/c1-6-25-19-24(21-34-12-7-8-13-34)20-31-30(25)35-15-9-26(10-16-35)32-28(36)11-14-33(4)40(37,38)29-22(2)17-27(39-5)18-23(29)3/h6,17-20,26H,1,7-16,21H2,2-5H3,(H,32,36). The fraction of sp³-hybridized carbons (Fsp3) is 0.533. The SMILES string of the molecule is C=Cc1cc(CN2CCCC2)cnc1N1CCC(NC(=O)CCN(C)S(=O)(=O)c2c(C)cc(OC)cc2C)CC1. The van der Waals surface area contributed by atoms with Crippen molar-refractivity contribution >= 4 is 27.8 Å². The number of ether oxygens (including phenoxy) is 1. The molecule has 3 heterocycles. The Morgan fingerprint density at radius 2 is 1.80 bits per heavy atom. The van der Waals surface area contributed by atoms with Gasteiger partial charge in [-0.3, -0.25) is 9.69 Å². The molecule has 1 amide bonds. The summed E-state index contributed by atoms with van der Waals surface area (Å²) in [5.74, 6) is 1.42. The van der Waals surface area contributed by atoms with Crippen LogP contribution in [0.2, 0.25) is 0 Å². The average molecular weight is 570 g/mol. The molecule has 2 aliphatic rings. The number of aromatic nitrogens is 1. The number of methoxy groups -OCH3 is 1. The minimum Gasteiger partial charge on any atom is -0.497 e. The van der Waals surface area contributed by atoms with E-state index in [1.807, 2.05) is 12.3 Å². The number of hydrogen-bond acceptors (Lipinski definition) is 7. The molecule has 0 aliphatic carbocycles. The maximum atomic E-state index is 13.2. The summed E-state index contributed by atoms with van der Waals surface area (Å²) in [6.45, 7) is 12.4. The minimum atomic E-state index is -3.74. The van der Waals surface area contributed by atoms with Gasteiger partial charge in [0.2, 0.25) is 15.9 Å². The number of pyridine rings is 1. The number of nitrogens with one attached hydrogen (secondary N) is 1. The van der Waals surface area contributed by atoms with Gasteiger partial charge in [-0.1, -0.05) is 12.7 Å². The highest BCUT2D eigenvalue weighted by atomic mass is 32.2. The predicted molar refractivity (Wildman–Crippen MR) is 159 cm³/mol. The Balaban J connectivity index is 1.27. The lowest BCUT2D eigenvalue weighted by Crippen LogP contribution is -2.45. The number of sulfonamides is 1. The van der Waals surface area contributed by atoms with Crippen LogP contribution < -0.4 is 15.0 Å². The molecule has 10 heteroatoms. The van der Waals surface area contributed by atoms with Crippen molar-refractivity contribution < 1.29 is 17.9 Å². The van der Waals surface area contributed by atoms with Gasteiger partial charge in [-0.25, -0.2) is 17.7 Å². The molecule has 0 radical (unpaired) electrons. The molecule has 0 bridgehead atoms. The molecule has 2 fully saturated rings. The van der Waals surface area contributed by atoms with Crippen molar-refractivity contribution in [3.63, 3.8) is 0 Å². The molecule has 2 aromatic rings. The topological polar surface area (TPSA) is 95.1 Å². The summed E-state index contributed by atoms with van der Waals surface area (Å²) >= 11 is 0. The van der Waals surface area contributed by atoms with Gasteiger partial charge in [-0.2, -0.15) is 0 Å². The van der Waals surface area contributed by atoms with E-state index in [0.29, 0.717) is 16.9 Å². The molecule has 2 aliphatic heterocycles. The zero-order valence-electron chi connectivity index (χ0n) is 24.3. The molecule has 0 unspecified atom stereocenters. The number of aryl methyl sites for hydroxylation is 2. The normalized spacial score (nSPS) is 16.9. The van der Waals surface area contributed by atoms with Gasteiger partial charge in [-0.15, -0.1) is 0 Å². The summed E-state index contributed by atoms with van der Waals surface area (Å²) in [6.07, 6.45) is 8.10. The summed E-state index contributed by atoms with van der Waals surface area (Å²) in [5.41, 5.74) is 3.50. The Morgan fingerprint density at radius 1 is 1.15 bits per heavy atom. The Hall–Kier alpha value is -2.95. The number of amides is 1. The molecule has 1 aromatic heterocycles. The number of nitrogens with zero attached hydrogens (tertiary/aromatic N) is 4. The lowest BCUT2D eigenvalue weighted by molar-refractivity contribution is -0.122. The van der Waals surface area contributed by atoms with Gasteiger partial charge in [0, 0.05) is 57.4 Å². The van der Waals surface area contributed by atoms with Crippen LogP contribution in [0, 0.1) is 13.8 Å². The number of benzene rings is 1. The zero-order valence-corrected chi connectivity index (χ0v) is 25.1. The second-order valence-electron chi connectivity index (χ2n) is 10.9. The third-order valence-corrected chi connectivity index (χ3v) is 10.1. The second kappa shape index (κ2) is 13.1. The number of rotatable bonds is 11. The van der Waals surface area contributed by atoms with Gasteiger partial charge in [-0.05, 0) is 87.5 Å². The van der Waals surface area contributed by atoms with E-state index in [1.165, 1.54) is 29.8 Å². The van der Waals surface area contributed by atoms with Gasteiger partial charge < -0.3 is 15.0 Å². The Bertz CT molecular complexity index is 1290. The number of carbonyl (C=O) groups excluding carboxylic acids is 1. The molecular weight excluding hydrogens is 526 g/mol. The number of likely N-dealkylation sites (tertiary alicyclic amines) is 1. The maximum absolute atomic E-state index is 13.2. The zero-order chi connectivity index (χ0) is 28.9. The Labute approximate surface area is 239 Å². The van der Waals surface area contributed by atoms with E-state index in [1.54, 1.807) is 33.1 Å². The quantitative estimate of drug-likeness (QED) is 0.441. The summed E-state index contributed by atoms with van der Waals surface area (Å²) < 4.78 is 33.0. The Kier molecular flexibility index (Phi) is 9.86. The number of anilines is 1. The van der Waals surface area contributed by atoms with Gasteiger partial charge >= 0.3 is 0 Å². The minimum absolute atomic E-state index is 0.0540. The molecule has 218 valence electrons. The fourth-order valence-electron chi connectivity index (χ4n) is 5.73. The molecule has 9 nitrogen and oxygen atoms in total. The van der Waals surface area contributed by atoms with E-state index in [9.17, 15) is 13.2 Å². The van der Waals surface area contributed by atoms with Crippen LogP contribution in [0.4, 0.5) is 5.82 Å². The van der Waals surface area contributed by atoms with Crippen LogP contribution in [0.3, 0.4) is 0 Å². The molecule has 0 atom stereocenters. The molecule has 0 spiro atoms. The van der Waals surface area contributed by atoms with Crippen molar-refractivity contribution in [3.05, 3.63) is 53.2 Å². The first-order valence-electron chi connectivity index (χ1n) is 14.1. The van der Waals surface area contributed by atoms with Crippen LogP contribution in [-0.4, -0.2) is 81.4 Å². The lowest BCUT2D eigenvalue weighted by Gasteiger charge is -2.34. The van der Waals surface area contributed by atoms with Gasteiger partial charge in [0.1, 0.15) is 11.6 Å². The van der Waals surface area contributed by atoms with E-state index in [0.717, 1.165) is 56.9 Å². The van der Waals surface area contributed by atoms with E-state index in [-0.39, 0.29) is 29.8 Å². The van der Waals surface area contributed by atoms with Crippen molar-refractivity contribution in [1.29, 1.82) is 0 Å². The molecule has 4 rings (SSSR count). The highest BCUT2D eigenvalue weighted by Crippen LogP contribution is 2.28. The third kappa shape index (κ3) is 7.03. The van der Waals surface area contributed by atoms with Crippen LogP contribution in [0.25, 0.3) is 6.08 Å². The number of carbonyl (C=O) groups is 1. The summed E-state index contributed by atoms with van der Waals surface area (Å²) in [4.78, 5) is 22.5. The van der Waals surface area contributed by atoms with Crippen LogP contribution in [-0.2, 0) is 21.4 Å². The monoisotopic (exact) mass is 569 g/mol. The van der Waals surface area contributed by atoms with E-state index >= 15 is 0 Å². The lowest BCUT2D eigenvalue weighted by atomic mass is 10.0. The second-order valence-corrected chi connectivity index (χ2v) is 12.9. The third-order valence-electron chi connectivity index (χ3n) is 7.93. The molecule has 1 N–H and O–H groups in total. The van der Waals surface area contributed by atoms with Crippen LogP contribution in [0.15, 0.2) is 35.9 Å². The maximum Gasteiger partial charge on any atom is 0.243 e. The van der Waals surface area contributed by atoms with E-state index in [2.05, 4.69) is 27.8 Å². The van der Waals surface area contributed by atoms with Crippen molar-refractivity contribution in [1.82, 2.24) is 19.5 Å². The van der Waals surface area contributed by atoms with Gasteiger partial charge in [0.25, 0.3) is 0 Å². The van der Waals surface area contributed by atoms with Crippen LogP contribution >= 0.6 is 0 Å². The van der Waals surface area contributed by atoms with Crippen LogP contribution in [0.5, 0.6) is 5.75 Å². The average Bonchev–Trinajstić information content (AvgIpc) is 3.44. The molecule has 40 heavy (non-hydrogen) atoms. The number of hydrogen-bond donors (Lipinski definition) is 1. The van der Waals surface area contributed by atoms with E-state index in [4.69, 9.17) is 9.72 Å². The summed E-state index contributed by atoms with van der Waals surface area (Å²) in [5, 5.41) is 3.10. The van der Waals surface area contributed by atoms with Crippen molar-refractivity contribution in [2.45, 2.75) is 63.4 Å². The highest BCUT2D eigenvalue weighted by molar-refractivity contribution is 7.89. The summed E-state index contributed by atoms with van der Waals surface area (Å²) in [6, 6.07) is 5.67. The number of piperidine rings is 1. The van der Waals surface area contributed by atoms with Crippen molar-refractivity contribution in [3.8, 4) is 5.75 Å². The molecule has 2 saturated heterocycles. The molecule has 1 aromatic carbocycles. The van der Waals surface area contributed by atoms with Gasteiger partial charge in [0.05, 0.1) is 12.0 Å². The molecule has 0 saturated carbocycles. The molecular formula is C30H43N5O4S.